The van der Waals surface area contributed by atoms with Crippen molar-refractivity contribution >= 4 is 5.91 Å². The molecular formula is C18H26N2O4. The maximum Gasteiger partial charge on any atom is 0.251 e. The lowest BCUT2D eigenvalue weighted by Gasteiger charge is -2.33. The molecule has 0 saturated carbocycles. The standard InChI is InChI=1S/C18H26N2O4/c21-17(16-4-2-9-24-16)20-7-10-22-14-18(13-20)5-6-19(12-18)11-15-3-1-8-23-15/h1,3,8,16H,2,4-7,9-14H2/t16-,18+/m0/s1. The molecular weight excluding hydrogens is 308 g/mol. The highest BCUT2D eigenvalue weighted by molar-refractivity contribution is 5.81. The molecule has 1 aromatic heterocycles. The highest BCUT2D eigenvalue weighted by atomic mass is 16.5. The molecule has 1 amide bonds. The quantitative estimate of drug-likeness (QED) is 0.839. The van der Waals surface area contributed by atoms with Gasteiger partial charge in [0, 0.05) is 31.7 Å². The molecule has 132 valence electrons. The SMILES string of the molecule is O=C([C@@H]1CCCO1)N1CCOC[C@@]2(CCN(Cc3ccco3)C2)C1. The molecule has 0 aliphatic carbocycles. The summed E-state index contributed by atoms with van der Waals surface area (Å²) in [6, 6.07) is 3.94. The monoisotopic (exact) mass is 334 g/mol. The zero-order valence-corrected chi connectivity index (χ0v) is 14.1. The Labute approximate surface area is 142 Å². The maximum absolute atomic E-state index is 12.7. The average molecular weight is 334 g/mol. The largest absolute Gasteiger partial charge is 0.468 e. The lowest BCUT2D eigenvalue weighted by Crippen LogP contribution is -2.46. The van der Waals surface area contributed by atoms with Gasteiger partial charge in [-0.25, -0.2) is 0 Å². The minimum absolute atomic E-state index is 0.0390. The molecule has 3 aliphatic rings. The number of hydrogen-bond acceptors (Lipinski definition) is 5. The van der Waals surface area contributed by atoms with Gasteiger partial charge in [0.2, 0.25) is 0 Å². The van der Waals surface area contributed by atoms with Gasteiger partial charge in [-0.15, -0.1) is 0 Å². The Morgan fingerprint density at radius 2 is 2.25 bits per heavy atom. The first-order valence-electron chi connectivity index (χ1n) is 8.97. The smallest absolute Gasteiger partial charge is 0.251 e. The number of hydrogen-bond donors (Lipinski definition) is 0. The molecule has 0 unspecified atom stereocenters. The summed E-state index contributed by atoms with van der Waals surface area (Å²) in [5.41, 5.74) is 0.0390. The van der Waals surface area contributed by atoms with Gasteiger partial charge in [-0.1, -0.05) is 0 Å². The third-order valence-corrected chi connectivity index (χ3v) is 5.43. The van der Waals surface area contributed by atoms with Crippen molar-refractivity contribution in [2.24, 2.45) is 5.41 Å². The summed E-state index contributed by atoms with van der Waals surface area (Å²) in [6.45, 7) is 6.32. The fraction of sp³-hybridized carbons (Fsp3) is 0.722. The van der Waals surface area contributed by atoms with E-state index in [1.54, 1.807) is 6.26 Å². The zero-order valence-electron chi connectivity index (χ0n) is 14.1. The highest BCUT2D eigenvalue weighted by Gasteiger charge is 2.43. The number of carbonyl (C=O) groups excluding carboxylic acids is 1. The number of ether oxygens (including phenoxy) is 2. The summed E-state index contributed by atoms with van der Waals surface area (Å²) < 4.78 is 16.9. The molecule has 1 aromatic rings. The zero-order chi connectivity index (χ0) is 16.4. The van der Waals surface area contributed by atoms with Gasteiger partial charge in [0.15, 0.2) is 0 Å². The van der Waals surface area contributed by atoms with E-state index in [0.29, 0.717) is 19.8 Å². The van der Waals surface area contributed by atoms with Crippen LogP contribution in [-0.2, 0) is 20.8 Å². The summed E-state index contributed by atoms with van der Waals surface area (Å²) in [5.74, 6) is 1.15. The second-order valence-electron chi connectivity index (χ2n) is 7.35. The number of furan rings is 1. The minimum Gasteiger partial charge on any atom is -0.468 e. The molecule has 4 rings (SSSR count). The molecule has 3 aliphatic heterocycles. The van der Waals surface area contributed by atoms with Crippen LogP contribution in [0.4, 0.5) is 0 Å². The van der Waals surface area contributed by atoms with Crippen LogP contribution in [-0.4, -0.2) is 67.8 Å². The van der Waals surface area contributed by atoms with Crippen molar-refractivity contribution in [3.05, 3.63) is 24.2 Å². The van der Waals surface area contributed by atoms with Gasteiger partial charge < -0.3 is 18.8 Å². The van der Waals surface area contributed by atoms with Crippen LogP contribution in [0, 0.1) is 5.41 Å². The topological polar surface area (TPSA) is 55.1 Å². The predicted molar refractivity (Wildman–Crippen MR) is 87.4 cm³/mol. The molecule has 3 saturated heterocycles. The van der Waals surface area contributed by atoms with Crippen molar-refractivity contribution in [1.29, 1.82) is 0 Å². The summed E-state index contributed by atoms with van der Waals surface area (Å²) in [5, 5.41) is 0. The first kappa shape index (κ1) is 16.1. The summed E-state index contributed by atoms with van der Waals surface area (Å²) >= 11 is 0. The van der Waals surface area contributed by atoms with Crippen LogP contribution in [0.3, 0.4) is 0 Å². The fourth-order valence-corrected chi connectivity index (χ4v) is 4.19. The van der Waals surface area contributed by atoms with Crippen molar-refractivity contribution in [2.45, 2.75) is 31.9 Å². The van der Waals surface area contributed by atoms with E-state index in [4.69, 9.17) is 13.9 Å². The molecule has 3 fully saturated rings. The molecule has 4 heterocycles. The fourth-order valence-electron chi connectivity index (χ4n) is 4.19. The molecule has 2 atom stereocenters. The van der Waals surface area contributed by atoms with E-state index < -0.39 is 0 Å². The predicted octanol–water partition coefficient (Wildman–Crippen LogP) is 1.51. The minimum atomic E-state index is -0.235. The lowest BCUT2D eigenvalue weighted by molar-refractivity contribution is -0.142. The van der Waals surface area contributed by atoms with Crippen LogP contribution in [0.2, 0.25) is 0 Å². The third kappa shape index (κ3) is 3.36. The Balaban J connectivity index is 1.41. The van der Waals surface area contributed by atoms with Crippen LogP contribution in [0.25, 0.3) is 0 Å². The Bertz CT molecular complexity index is 555. The number of amides is 1. The molecule has 6 nitrogen and oxygen atoms in total. The van der Waals surface area contributed by atoms with Crippen molar-refractivity contribution in [2.75, 3.05) is 46.0 Å². The Morgan fingerprint density at radius 3 is 3.04 bits per heavy atom. The molecule has 24 heavy (non-hydrogen) atoms. The Hall–Kier alpha value is -1.37. The second-order valence-corrected chi connectivity index (χ2v) is 7.35. The number of carbonyl (C=O) groups is 1. The van der Waals surface area contributed by atoms with E-state index in [0.717, 1.165) is 57.8 Å². The van der Waals surface area contributed by atoms with Crippen molar-refractivity contribution in [3.63, 3.8) is 0 Å². The van der Waals surface area contributed by atoms with E-state index in [9.17, 15) is 4.79 Å². The number of nitrogens with zero attached hydrogens (tertiary/aromatic N) is 2. The van der Waals surface area contributed by atoms with Gasteiger partial charge in [0.1, 0.15) is 11.9 Å². The molecule has 0 bridgehead atoms. The first-order chi connectivity index (χ1) is 11.7. The van der Waals surface area contributed by atoms with Crippen LogP contribution >= 0.6 is 0 Å². The van der Waals surface area contributed by atoms with Gasteiger partial charge >= 0.3 is 0 Å². The van der Waals surface area contributed by atoms with E-state index in [1.807, 2.05) is 17.0 Å². The lowest BCUT2D eigenvalue weighted by atomic mass is 9.87. The van der Waals surface area contributed by atoms with Crippen molar-refractivity contribution in [1.82, 2.24) is 9.80 Å². The van der Waals surface area contributed by atoms with E-state index in [-0.39, 0.29) is 17.4 Å². The molecule has 0 radical (unpaired) electrons. The van der Waals surface area contributed by atoms with E-state index >= 15 is 0 Å². The first-order valence-corrected chi connectivity index (χ1v) is 8.97. The van der Waals surface area contributed by atoms with Crippen molar-refractivity contribution in [3.8, 4) is 0 Å². The van der Waals surface area contributed by atoms with Crippen LogP contribution in [0.15, 0.2) is 22.8 Å². The number of rotatable bonds is 3. The maximum atomic E-state index is 12.7. The average Bonchev–Trinajstić information content (AvgIpc) is 3.30. The van der Waals surface area contributed by atoms with E-state index in [1.165, 1.54) is 0 Å². The molecule has 6 heteroatoms. The highest BCUT2D eigenvalue weighted by Crippen LogP contribution is 2.34. The Kier molecular flexibility index (Phi) is 4.61. The van der Waals surface area contributed by atoms with E-state index in [2.05, 4.69) is 4.90 Å². The second kappa shape index (κ2) is 6.86. The normalized spacial score (nSPS) is 31.7. The summed E-state index contributed by atoms with van der Waals surface area (Å²) in [6.07, 6.45) is 4.39. The Morgan fingerprint density at radius 1 is 1.29 bits per heavy atom. The van der Waals surface area contributed by atoms with Gasteiger partial charge in [0.25, 0.3) is 5.91 Å². The van der Waals surface area contributed by atoms with Gasteiger partial charge in [-0.05, 0) is 37.9 Å². The molecule has 1 spiro atoms. The number of likely N-dealkylation sites (tertiary alicyclic amines) is 1. The van der Waals surface area contributed by atoms with Gasteiger partial charge in [-0.2, -0.15) is 0 Å². The van der Waals surface area contributed by atoms with Crippen LogP contribution in [0.5, 0.6) is 0 Å². The van der Waals surface area contributed by atoms with Gasteiger partial charge in [-0.3, -0.25) is 9.69 Å². The summed E-state index contributed by atoms with van der Waals surface area (Å²) in [7, 11) is 0. The summed E-state index contributed by atoms with van der Waals surface area (Å²) in [4.78, 5) is 17.1. The third-order valence-electron chi connectivity index (χ3n) is 5.43. The van der Waals surface area contributed by atoms with Crippen LogP contribution in [0.1, 0.15) is 25.0 Å². The molecule has 0 N–H and O–H groups in total. The van der Waals surface area contributed by atoms with Crippen LogP contribution < -0.4 is 0 Å². The van der Waals surface area contributed by atoms with Crippen molar-refractivity contribution < 1.29 is 18.7 Å². The molecule has 0 aromatic carbocycles. The van der Waals surface area contributed by atoms with Gasteiger partial charge in [0.05, 0.1) is 26.0 Å².